The van der Waals surface area contributed by atoms with Gasteiger partial charge in [0.2, 0.25) is 11.8 Å². The van der Waals surface area contributed by atoms with E-state index in [1.54, 1.807) is 49.4 Å². The summed E-state index contributed by atoms with van der Waals surface area (Å²) in [6.45, 7) is 3.21. The molecule has 0 aromatic heterocycles. The molecule has 1 aliphatic heterocycles. The molecule has 2 aromatic carbocycles. The summed E-state index contributed by atoms with van der Waals surface area (Å²) in [6.07, 6.45) is 0.0677. The fraction of sp³-hybridized carbons (Fsp3) is 0.211. The Labute approximate surface area is 156 Å². The zero-order valence-electron chi connectivity index (χ0n) is 14.4. The quantitative estimate of drug-likeness (QED) is 0.808. The topological polar surface area (TPSA) is 78.5 Å². The molecule has 3 amide bonds. The molecular formula is C19H18ClN3O3. The van der Waals surface area contributed by atoms with Gasteiger partial charge >= 0.3 is 0 Å². The molecule has 1 saturated heterocycles. The highest BCUT2D eigenvalue weighted by molar-refractivity contribution is 6.32. The summed E-state index contributed by atoms with van der Waals surface area (Å²) in [7, 11) is 0. The summed E-state index contributed by atoms with van der Waals surface area (Å²) in [6, 6.07) is 11.4. The summed E-state index contributed by atoms with van der Waals surface area (Å²) in [5.74, 6) is -0.742. The van der Waals surface area contributed by atoms with Gasteiger partial charge in [-0.3, -0.25) is 14.4 Å². The summed E-state index contributed by atoms with van der Waals surface area (Å²) in [5, 5.41) is 6.26. The van der Waals surface area contributed by atoms with Crippen LogP contribution in [-0.4, -0.2) is 23.8 Å². The predicted octanol–water partition coefficient (Wildman–Crippen LogP) is 3.35. The molecule has 1 fully saturated rings. The maximum Gasteiger partial charge on any atom is 0.256 e. The molecule has 26 heavy (non-hydrogen) atoms. The molecule has 6 nitrogen and oxygen atoms in total. The molecule has 0 unspecified atom stereocenters. The van der Waals surface area contributed by atoms with Crippen LogP contribution in [0.5, 0.6) is 0 Å². The smallest absolute Gasteiger partial charge is 0.256 e. The Morgan fingerprint density at radius 2 is 1.77 bits per heavy atom. The van der Waals surface area contributed by atoms with Crippen LogP contribution >= 0.6 is 11.6 Å². The van der Waals surface area contributed by atoms with Crippen molar-refractivity contribution in [1.82, 2.24) is 0 Å². The van der Waals surface area contributed by atoms with Gasteiger partial charge in [-0.15, -0.1) is 0 Å². The molecule has 0 radical (unpaired) electrons. The van der Waals surface area contributed by atoms with Gasteiger partial charge < -0.3 is 10.6 Å². The van der Waals surface area contributed by atoms with Crippen LogP contribution in [-0.2, 0) is 14.4 Å². The Balaban J connectivity index is 1.77. The minimum absolute atomic E-state index is 0.0677. The van der Waals surface area contributed by atoms with Crippen molar-refractivity contribution >= 4 is 46.4 Å². The molecule has 7 heteroatoms. The summed E-state index contributed by atoms with van der Waals surface area (Å²) >= 11 is 6.11. The Kier molecular flexibility index (Phi) is 4.95. The summed E-state index contributed by atoms with van der Waals surface area (Å²) in [5.41, 5.74) is 2.55. The second-order valence-electron chi connectivity index (χ2n) is 6.11. The van der Waals surface area contributed by atoms with Crippen LogP contribution in [0.15, 0.2) is 42.5 Å². The van der Waals surface area contributed by atoms with Crippen molar-refractivity contribution in [3.8, 4) is 0 Å². The van der Waals surface area contributed by atoms with Gasteiger partial charge in [0.25, 0.3) is 5.91 Å². The van der Waals surface area contributed by atoms with Gasteiger partial charge in [-0.2, -0.15) is 0 Å². The first-order chi connectivity index (χ1) is 12.4. The highest BCUT2D eigenvalue weighted by atomic mass is 35.5. The largest absolute Gasteiger partial charge is 0.373 e. The number of anilines is 3. The van der Waals surface area contributed by atoms with Gasteiger partial charge in [-0.1, -0.05) is 17.7 Å². The Morgan fingerprint density at radius 1 is 1.12 bits per heavy atom. The first-order valence-electron chi connectivity index (χ1n) is 8.13. The molecule has 1 heterocycles. The lowest BCUT2D eigenvalue weighted by molar-refractivity contribution is -0.121. The summed E-state index contributed by atoms with van der Waals surface area (Å²) < 4.78 is 0. The molecule has 2 N–H and O–H groups in total. The number of hydrogen-bond acceptors (Lipinski definition) is 4. The van der Waals surface area contributed by atoms with E-state index in [9.17, 15) is 14.4 Å². The molecule has 1 atom stereocenters. The minimum atomic E-state index is -0.646. The highest BCUT2D eigenvalue weighted by Crippen LogP contribution is 2.31. The minimum Gasteiger partial charge on any atom is -0.373 e. The zero-order valence-corrected chi connectivity index (χ0v) is 15.1. The maximum absolute atomic E-state index is 12.7. The van der Waals surface area contributed by atoms with E-state index < -0.39 is 6.04 Å². The van der Waals surface area contributed by atoms with E-state index in [1.807, 2.05) is 0 Å². The lowest BCUT2D eigenvalue weighted by Gasteiger charge is -2.18. The zero-order chi connectivity index (χ0) is 18.8. The number of benzene rings is 2. The lowest BCUT2D eigenvalue weighted by atomic mass is 10.2. The fourth-order valence-electron chi connectivity index (χ4n) is 2.89. The monoisotopic (exact) mass is 371 g/mol. The third-order valence-electron chi connectivity index (χ3n) is 4.17. The van der Waals surface area contributed by atoms with Crippen LogP contribution < -0.4 is 15.5 Å². The first kappa shape index (κ1) is 17.9. The number of amides is 3. The van der Waals surface area contributed by atoms with Crippen LogP contribution in [0.4, 0.5) is 17.1 Å². The Hall–Kier alpha value is -2.86. The second-order valence-corrected chi connectivity index (χ2v) is 6.52. The normalized spacial score (nSPS) is 16.7. The van der Waals surface area contributed by atoms with E-state index in [2.05, 4.69) is 10.6 Å². The van der Waals surface area contributed by atoms with Gasteiger partial charge in [0.15, 0.2) is 0 Å². The van der Waals surface area contributed by atoms with Crippen molar-refractivity contribution < 1.29 is 14.4 Å². The number of hydrogen-bond donors (Lipinski definition) is 2. The number of carbonyl (C=O) groups is 3. The van der Waals surface area contributed by atoms with Crippen molar-refractivity contribution in [2.45, 2.75) is 26.3 Å². The van der Waals surface area contributed by atoms with Crippen molar-refractivity contribution in [2.24, 2.45) is 0 Å². The van der Waals surface area contributed by atoms with Crippen molar-refractivity contribution in [3.05, 3.63) is 53.1 Å². The van der Waals surface area contributed by atoms with Gasteiger partial charge in [-0.25, -0.2) is 4.90 Å². The van der Waals surface area contributed by atoms with Gasteiger partial charge in [0.05, 0.1) is 12.1 Å². The van der Waals surface area contributed by atoms with E-state index >= 15 is 0 Å². The fourth-order valence-corrected chi connectivity index (χ4v) is 3.06. The lowest BCUT2D eigenvalue weighted by Crippen LogP contribution is -2.35. The number of carbonyl (C=O) groups excluding carboxylic acids is 3. The van der Waals surface area contributed by atoms with Gasteiger partial charge in [-0.05, 0) is 48.9 Å². The van der Waals surface area contributed by atoms with Crippen molar-refractivity contribution in [3.63, 3.8) is 0 Å². The van der Waals surface area contributed by atoms with Gasteiger partial charge in [0.1, 0.15) is 6.04 Å². The van der Waals surface area contributed by atoms with Crippen LogP contribution in [0.3, 0.4) is 0 Å². The van der Waals surface area contributed by atoms with Gasteiger partial charge in [0, 0.05) is 23.3 Å². The predicted molar refractivity (Wildman–Crippen MR) is 101 cm³/mol. The first-order valence-corrected chi connectivity index (χ1v) is 8.50. The molecule has 2 aromatic rings. The van der Waals surface area contributed by atoms with Crippen LogP contribution in [0, 0.1) is 6.92 Å². The van der Waals surface area contributed by atoms with E-state index in [0.29, 0.717) is 27.6 Å². The Bertz CT molecular complexity index is 880. The van der Waals surface area contributed by atoms with E-state index in [-0.39, 0.29) is 24.1 Å². The molecule has 3 rings (SSSR count). The standard InChI is InChI=1S/C19H18ClN3O3/c1-11-15(20)4-3-5-17(11)23-18(25)10-16(19(23)26)22-14-8-6-13(7-9-14)21-12(2)24/h3-9,16,22H,10H2,1-2H3,(H,21,24)/t16-/m0/s1. The van der Waals surface area contributed by atoms with Crippen LogP contribution in [0.1, 0.15) is 18.9 Å². The average molecular weight is 372 g/mol. The molecule has 0 aliphatic carbocycles. The SMILES string of the molecule is CC(=O)Nc1ccc(N[C@H]2CC(=O)N(c3cccc(Cl)c3C)C2=O)cc1. The molecule has 0 spiro atoms. The number of halogens is 1. The Morgan fingerprint density at radius 3 is 2.42 bits per heavy atom. The molecule has 0 saturated carbocycles. The van der Waals surface area contributed by atoms with E-state index in [1.165, 1.54) is 11.8 Å². The summed E-state index contributed by atoms with van der Waals surface area (Å²) in [4.78, 5) is 37.4. The molecule has 1 aliphatic rings. The van der Waals surface area contributed by atoms with E-state index in [4.69, 9.17) is 11.6 Å². The second kappa shape index (κ2) is 7.17. The third kappa shape index (κ3) is 3.55. The van der Waals surface area contributed by atoms with Crippen molar-refractivity contribution in [1.29, 1.82) is 0 Å². The number of imide groups is 1. The molecular weight excluding hydrogens is 354 g/mol. The van der Waals surface area contributed by atoms with Crippen LogP contribution in [0.25, 0.3) is 0 Å². The average Bonchev–Trinajstić information content (AvgIpc) is 2.86. The molecule has 0 bridgehead atoms. The van der Waals surface area contributed by atoms with Crippen LogP contribution in [0.2, 0.25) is 5.02 Å². The maximum atomic E-state index is 12.7. The number of nitrogens with zero attached hydrogens (tertiary/aromatic N) is 1. The van der Waals surface area contributed by atoms with E-state index in [0.717, 1.165) is 0 Å². The number of nitrogens with one attached hydrogen (secondary N) is 2. The number of rotatable bonds is 4. The molecule has 134 valence electrons. The third-order valence-corrected chi connectivity index (χ3v) is 4.58. The van der Waals surface area contributed by atoms with Crippen molar-refractivity contribution in [2.75, 3.05) is 15.5 Å². The highest BCUT2D eigenvalue weighted by Gasteiger charge is 2.40.